The van der Waals surface area contributed by atoms with E-state index in [1.54, 1.807) is 0 Å². The average Bonchev–Trinajstić information content (AvgIpc) is 3.22. The van der Waals surface area contributed by atoms with Crippen molar-refractivity contribution < 1.29 is 47.5 Å². The van der Waals surface area contributed by atoms with E-state index < -0.39 is 51.1 Å². The number of carboxylic acids is 1. The summed E-state index contributed by atoms with van der Waals surface area (Å²) >= 11 is 0. The molecular weight excluding hydrogens is 781 g/mol. The monoisotopic (exact) mass is 874 g/mol. The number of hydrogen-bond acceptors (Lipinski definition) is 9. The molecule has 0 aliphatic heterocycles. The van der Waals surface area contributed by atoms with Crippen LogP contribution in [0.15, 0.2) is 12.2 Å². The third kappa shape index (κ3) is 42.9. The van der Waals surface area contributed by atoms with Gasteiger partial charge < -0.3 is 25.2 Å². The molecule has 0 rings (SSSR count). The molecule has 0 fully saturated rings. The van der Waals surface area contributed by atoms with Gasteiger partial charge in [-0.1, -0.05) is 206 Å². The van der Waals surface area contributed by atoms with Crippen LogP contribution < -0.4 is 5.73 Å². The van der Waals surface area contributed by atoms with Crippen LogP contribution in [0.25, 0.3) is 0 Å². The molecule has 0 aliphatic rings. The molecule has 0 amide bonds. The van der Waals surface area contributed by atoms with Gasteiger partial charge in [-0.05, 0) is 38.5 Å². The molecule has 0 bridgehead atoms. The molecule has 0 aromatic rings. The van der Waals surface area contributed by atoms with E-state index in [9.17, 15) is 23.8 Å². The SMILES string of the molecule is CCCCCCCC/C=C/CCCCCC(=O)OC[C@@H](COP(=O)(O)OC[C@H](N)C(=O)O)OC(=O)CCCCCCCCCCCCCCCCCCCCCCCCC. The highest BCUT2D eigenvalue weighted by Crippen LogP contribution is 2.43. The summed E-state index contributed by atoms with van der Waals surface area (Å²) in [7, 11) is -4.72. The molecule has 0 heterocycles. The van der Waals surface area contributed by atoms with E-state index in [0.717, 1.165) is 44.9 Å². The minimum atomic E-state index is -4.72. The number of phosphoric acid groups is 1. The lowest BCUT2D eigenvalue weighted by Gasteiger charge is -2.20. The van der Waals surface area contributed by atoms with E-state index in [-0.39, 0.29) is 19.4 Å². The number of allylic oxidation sites excluding steroid dienone is 2. The number of rotatable bonds is 47. The Hall–Kier alpha value is -1.78. The number of unbranched alkanes of at least 4 members (excludes halogenated alkanes) is 31. The van der Waals surface area contributed by atoms with E-state index in [2.05, 4.69) is 30.5 Å². The molecule has 0 saturated heterocycles. The van der Waals surface area contributed by atoms with Crippen LogP contribution in [0, 0.1) is 0 Å². The number of aliphatic carboxylic acids is 1. The third-order valence-corrected chi connectivity index (χ3v) is 12.0. The van der Waals surface area contributed by atoms with Gasteiger partial charge in [-0.25, -0.2) is 4.57 Å². The normalized spacial score (nSPS) is 13.7. The molecule has 3 atom stereocenters. The Labute approximate surface area is 367 Å². The predicted molar refractivity (Wildman–Crippen MR) is 245 cm³/mol. The standard InChI is InChI=1S/C48H92NO10P/c1-3-5-7-9-11-13-15-17-18-19-20-21-22-23-24-25-26-28-30-32-34-36-38-40-47(51)59-44(42-57-60(54,55)58-43-45(49)48(52)53)41-56-46(50)39-37-35-33-31-29-27-16-14-12-10-8-6-4-2/h27,29,44-45H,3-26,28,30-43,49H2,1-2H3,(H,52,53)(H,54,55)/b29-27+/t44-,45-/m0/s1. The second-order valence-electron chi connectivity index (χ2n) is 17.0. The van der Waals surface area contributed by atoms with Gasteiger partial charge in [-0.15, -0.1) is 0 Å². The van der Waals surface area contributed by atoms with Crippen molar-refractivity contribution in [3.63, 3.8) is 0 Å². The van der Waals surface area contributed by atoms with Crippen molar-refractivity contribution >= 4 is 25.7 Å². The van der Waals surface area contributed by atoms with Crippen LogP contribution in [0.5, 0.6) is 0 Å². The van der Waals surface area contributed by atoms with Crippen molar-refractivity contribution in [3.8, 4) is 0 Å². The zero-order chi connectivity index (χ0) is 44.2. The van der Waals surface area contributed by atoms with Gasteiger partial charge in [-0.3, -0.25) is 23.4 Å². The van der Waals surface area contributed by atoms with Crippen LogP contribution in [0.3, 0.4) is 0 Å². The topological polar surface area (TPSA) is 172 Å². The zero-order valence-corrected chi connectivity index (χ0v) is 39.5. The van der Waals surface area contributed by atoms with Crippen LogP contribution in [0.2, 0.25) is 0 Å². The largest absolute Gasteiger partial charge is 0.480 e. The van der Waals surface area contributed by atoms with Gasteiger partial charge in [0.15, 0.2) is 6.10 Å². The highest BCUT2D eigenvalue weighted by molar-refractivity contribution is 7.47. The molecule has 11 nitrogen and oxygen atoms in total. The zero-order valence-electron chi connectivity index (χ0n) is 38.6. The maximum atomic E-state index is 12.7. The third-order valence-electron chi connectivity index (χ3n) is 11.0. The highest BCUT2D eigenvalue weighted by Gasteiger charge is 2.28. The molecular formula is C48H92NO10P. The minimum absolute atomic E-state index is 0.164. The van der Waals surface area contributed by atoms with E-state index >= 15 is 0 Å². The fraction of sp³-hybridized carbons (Fsp3) is 0.896. The molecule has 12 heteroatoms. The Morgan fingerprint density at radius 1 is 0.500 bits per heavy atom. The quantitative estimate of drug-likeness (QED) is 0.0230. The first kappa shape index (κ1) is 58.2. The average molecular weight is 874 g/mol. The van der Waals surface area contributed by atoms with Gasteiger partial charge in [0, 0.05) is 12.8 Å². The van der Waals surface area contributed by atoms with E-state index in [0.29, 0.717) is 12.8 Å². The predicted octanol–water partition coefficient (Wildman–Crippen LogP) is 13.6. The summed E-state index contributed by atoms with van der Waals surface area (Å²) in [5.41, 5.74) is 5.34. The van der Waals surface area contributed by atoms with Gasteiger partial charge in [0.2, 0.25) is 0 Å². The molecule has 0 aromatic heterocycles. The van der Waals surface area contributed by atoms with Crippen molar-refractivity contribution in [2.45, 2.75) is 257 Å². The maximum Gasteiger partial charge on any atom is 0.472 e. The van der Waals surface area contributed by atoms with Crippen molar-refractivity contribution in [1.29, 1.82) is 0 Å². The van der Waals surface area contributed by atoms with Gasteiger partial charge >= 0.3 is 25.7 Å². The smallest absolute Gasteiger partial charge is 0.472 e. The minimum Gasteiger partial charge on any atom is -0.480 e. The van der Waals surface area contributed by atoms with Crippen molar-refractivity contribution in [2.24, 2.45) is 5.73 Å². The highest BCUT2D eigenvalue weighted by atomic mass is 31.2. The summed E-state index contributed by atoms with van der Waals surface area (Å²) in [5.74, 6) is -2.38. The Morgan fingerprint density at radius 3 is 1.23 bits per heavy atom. The van der Waals surface area contributed by atoms with Crippen LogP contribution >= 0.6 is 7.82 Å². The summed E-state index contributed by atoms with van der Waals surface area (Å²) in [4.78, 5) is 46.0. The first-order valence-corrected chi connectivity index (χ1v) is 26.2. The van der Waals surface area contributed by atoms with Crippen LogP contribution in [-0.4, -0.2) is 59.9 Å². The lowest BCUT2D eigenvalue weighted by molar-refractivity contribution is -0.161. The molecule has 354 valence electrons. The summed E-state index contributed by atoms with van der Waals surface area (Å²) in [6, 6.07) is -1.52. The number of phosphoric ester groups is 1. The Balaban J connectivity index is 4.19. The number of carboxylic acid groups (broad SMARTS) is 1. The van der Waals surface area contributed by atoms with Gasteiger partial charge in [0.25, 0.3) is 0 Å². The number of hydrogen-bond donors (Lipinski definition) is 3. The van der Waals surface area contributed by atoms with Crippen molar-refractivity contribution in [2.75, 3.05) is 19.8 Å². The Morgan fingerprint density at radius 2 is 0.833 bits per heavy atom. The molecule has 0 aliphatic carbocycles. The summed E-state index contributed by atoms with van der Waals surface area (Å²) in [6.07, 6.45) is 45.7. The Bertz CT molecular complexity index is 1070. The van der Waals surface area contributed by atoms with E-state index in [1.807, 2.05) is 0 Å². The molecule has 60 heavy (non-hydrogen) atoms. The van der Waals surface area contributed by atoms with Gasteiger partial charge in [0.1, 0.15) is 12.6 Å². The summed E-state index contributed by atoms with van der Waals surface area (Å²) < 4.78 is 32.8. The molecule has 0 aromatic carbocycles. The molecule has 0 saturated carbocycles. The fourth-order valence-electron chi connectivity index (χ4n) is 7.12. The second kappa shape index (κ2) is 43.9. The molecule has 0 radical (unpaired) electrons. The first-order valence-electron chi connectivity index (χ1n) is 24.7. The molecule has 1 unspecified atom stereocenters. The van der Waals surface area contributed by atoms with Crippen molar-refractivity contribution in [1.82, 2.24) is 0 Å². The van der Waals surface area contributed by atoms with Crippen LogP contribution in [0.4, 0.5) is 0 Å². The number of carbonyl (C=O) groups is 3. The first-order chi connectivity index (χ1) is 29.1. The maximum absolute atomic E-state index is 12.7. The molecule has 0 spiro atoms. The number of ether oxygens (including phenoxy) is 2. The van der Waals surface area contributed by atoms with Gasteiger partial charge in [-0.2, -0.15) is 0 Å². The number of nitrogens with two attached hydrogens (primary N) is 1. The van der Waals surface area contributed by atoms with Crippen LogP contribution in [0.1, 0.15) is 245 Å². The van der Waals surface area contributed by atoms with Gasteiger partial charge in [0.05, 0.1) is 13.2 Å². The Kier molecular flexibility index (Phi) is 42.6. The summed E-state index contributed by atoms with van der Waals surface area (Å²) in [5, 5.41) is 8.90. The van der Waals surface area contributed by atoms with E-state index in [1.165, 1.54) is 161 Å². The van der Waals surface area contributed by atoms with Crippen molar-refractivity contribution in [3.05, 3.63) is 12.2 Å². The summed E-state index contributed by atoms with van der Waals surface area (Å²) in [6.45, 7) is 2.82. The lowest BCUT2D eigenvalue weighted by atomic mass is 10.0. The lowest BCUT2D eigenvalue weighted by Crippen LogP contribution is -2.34. The number of esters is 2. The van der Waals surface area contributed by atoms with E-state index in [4.69, 9.17) is 24.8 Å². The number of carbonyl (C=O) groups excluding carboxylic acids is 2. The second-order valence-corrected chi connectivity index (χ2v) is 18.4. The fourth-order valence-corrected chi connectivity index (χ4v) is 7.90. The van der Waals surface area contributed by atoms with Crippen LogP contribution in [-0.2, 0) is 37.5 Å². The molecule has 4 N–H and O–H groups in total.